The summed E-state index contributed by atoms with van der Waals surface area (Å²) in [7, 11) is -3.64. The third-order valence-electron chi connectivity index (χ3n) is 2.34. The van der Waals surface area contributed by atoms with Crippen molar-refractivity contribution in [2.24, 2.45) is 5.92 Å². The minimum atomic E-state index is -3.64. The lowest BCUT2D eigenvalue weighted by Gasteiger charge is -2.16. The van der Waals surface area contributed by atoms with Crippen LogP contribution in [0.3, 0.4) is 0 Å². The molecule has 0 radical (unpaired) electrons. The number of sulfonamides is 1. The second-order valence-corrected chi connectivity index (χ2v) is 6.30. The Morgan fingerprint density at radius 3 is 2.35 bits per heavy atom. The Hall–Kier alpha value is -1.07. The zero-order valence-corrected chi connectivity index (χ0v) is 11.2. The fourth-order valence-corrected chi connectivity index (χ4v) is 3.12. The van der Waals surface area contributed by atoms with Gasteiger partial charge in [0.25, 0.3) is 0 Å². The number of rotatable bonds is 5. The number of para-hydroxylation sites is 1. The highest BCUT2D eigenvalue weighted by molar-refractivity contribution is 7.89. The van der Waals surface area contributed by atoms with Crippen LogP contribution in [0.25, 0.3) is 0 Å². The topological polar surface area (TPSA) is 66.4 Å². The van der Waals surface area contributed by atoms with Crippen molar-refractivity contribution in [3.05, 3.63) is 24.3 Å². The average Bonchev–Trinajstić information content (AvgIpc) is 2.15. The maximum absolute atomic E-state index is 12.0. The molecule has 0 bridgehead atoms. The van der Waals surface area contributed by atoms with Gasteiger partial charge in [-0.2, -0.15) is 0 Å². The van der Waals surface area contributed by atoms with Crippen LogP contribution in [0.5, 0.6) is 5.75 Å². The molecule has 17 heavy (non-hydrogen) atoms. The molecule has 1 aromatic carbocycles. The second-order valence-electron chi connectivity index (χ2n) is 4.62. The van der Waals surface area contributed by atoms with Gasteiger partial charge in [0.05, 0.1) is 0 Å². The van der Waals surface area contributed by atoms with Crippen LogP contribution >= 0.6 is 0 Å². The maximum atomic E-state index is 12.0. The van der Waals surface area contributed by atoms with E-state index in [2.05, 4.69) is 4.72 Å². The molecule has 5 heteroatoms. The molecule has 1 aromatic rings. The maximum Gasteiger partial charge on any atom is 0.244 e. The molecule has 0 aliphatic carbocycles. The third-order valence-corrected chi connectivity index (χ3v) is 3.97. The minimum Gasteiger partial charge on any atom is -0.507 e. The van der Waals surface area contributed by atoms with E-state index in [0.717, 1.165) is 6.42 Å². The van der Waals surface area contributed by atoms with Crippen LogP contribution in [0.2, 0.25) is 0 Å². The van der Waals surface area contributed by atoms with E-state index in [0.29, 0.717) is 5.92 Å². The summed E-state index contributed by atoms with van der Waals surface area (Å²) < 4.78 is 26.5. The summed E-state index contributed by atoms with van der Waals surface area (Å²) in [4.78, 5) is -0.0735. The molecule has 0 saturated heterocycles. The first-order valence-electron chi connectivity index (χ1n) is 5.63. The highest BCUT2D eigenvalue weighted by Crippen LogP contribution is 2.21. The van der Waals surface area contributed by atoms with Gasteiger partial charge in [-0.3, -0.25) is 0 Å². The first-order valence-corrected chi connectivity index (χ1v) is 7.11. The Kier molecular flexibility index (Phi) is 4.54. The van der Waals surface area contributed by atoms with Crippen molar-refractivity contribution in [1.29, 1.82) is 0 Å². The molecule has 4 nitrogen and oxygen atoms in total. The van der Waals surface area contributed by atoms with E-state index >= 15 is 0 Å². The molecule has 1 atom stereocenters. The van der Waals surface area contributed by atoms with Gasteiger partial charge in [0.15, 0.2) is 0 Å². The van der Waals surface area contributed by atoms with E-state index < -0.39 is 10.0 Å². The average molecular weight is 257 g/mol. The SMILES string of the molecule is CC(C)CC(C)NS(=O)(=O)c1ccccc1O. The first-order chi connectivity index (χ1) is 7.83. The normalized spacial score (nSPS) is 13.9. The van der Waals surface area contributed by atoms with Gasteiger partial charge in [-0.15, -0.1) is 0 Å². The van der Waals surface area contributed by atoms with Gasteiger partial charge in [0.1, 0.15) is 10.6 Å². The molecule has 2 N–H and O–H groups in total. The van der Waals surface area contributed by atoms with Crippen LogP contribution in [0.1, 0.15) is 27.2 Å². The van der Waals surface area contributed by atoms with Gasteiger partial charge in [0.2, 0.25) is 10.0 Å². The van der Waals surface area contributed by atoms with Crippen molar-refractivity contribution in [3.63, 3.8) is 0 Å². The van der Waals surface area contributed by atoms with Crippen LogP contribution in [-0.4, -0.2) is 19.6 Å². The largest absolute Gasteiger partial charge is 0.507 e. The molecule has 0 heterocycles. The fourth-order valence-electron chi connectivity index (χ4n) is 1.77. The molecule has 96 valence electrons. The molecule has 1 rings (SSSR count). The zero-order valence-electron chi connectivity index (χ0n) is 10.3. The Morgan fingerprint density at radius 2 is 1.82 bits per heavy atom. The van der Waals surface area contributed by atoms with E-state index in [1.54, 1.807) is 12.1 Å². The fraction of sp³-hybridized carbons (Fsp3) is 0.500. The Morgan fingerprint density at radius 1 is 1.24 bits per heavy atom. The molecule has 0 aliphatic rings. The van der Waals surface area contributed by atoms with Crippen molar-refractivity contribution < 1.29 is 13.5 Å². The molecule has 0 spiro atoms. The second kappa shape index (κ2) is 5.51. The summed E-state index contributed by atoms with van der Waals surface area (Å²) in [6.07, 6.45) is 0.757. The lowest BCUT2D eigenvalue weighted by molar-refractivity contribution is 0.453. The molecule has 0 aliphatic heterocycles. The lowest BCUT2D eigenvalue weighted by atomic mass is 10.1. The first kappa shape index (κ1) is 14.0. The number of nitrogens with one attached hydrogen (secondary N) is 1. The van der Waals surface area contributed by atoms with Crippen molar-refractivity contribution >= 4 is 10.0 Å². The van der Waals surface area contributed by atoms with Crippen LogP contribution in [0.15, 0.2) is 29.2 Å². The number of hydrogen-bond acceptors (Lipinski definition) is 3. The van der Waals surface area contributed by atoms with Gasteiger partial charge in [-0.25, -0.2) is 13.1 Å². The molecule has 0 fully saturated rings. The summed E-state index contributed by atoms with van der Waals surface area (Å²) >= 11 is 0. The van der Waals surface area contributed by atoms with Crippen LogP contribution in [-0.2, 0) is 10.0 Å². The quantitative estimate of drug-likeness (QED) is 0.849. The van der Waals surface area contributed by atoms with Gasteiger partial charge < -0.3 is 5.11 Å². The zero-order chi connectivity index (χ0) is 13.1. The van der Waals surface area contributed by atoms with Gasteiger partial charge in [-0.05, 0) is 31.4 Å². The summed E-state index contributed by atoms with van der Waals surface area (Å²) in [6, 6.07) is 5.77. The van der Waals surface area contributed by atoms with E-state index in [9.17, 15) is 13.5 Å². The third kappa shape index (κ3) is 4.02. The van der Waals surface area contributed by atoms with Crippen molar-refractivity contribution in [3.8, 4) is 5.75 Å². The van der Waals surface area contributed by atoms with E-state index in [-0.39, 0.29) is 16.7 Å². The number of phenols is 1. The van der Waals surface area contributed by atoms with Gasteiger partial charge in [-0.1, -0.05) is 26.0 Å². The Bertz CT molecular complexity index is 468. The molecule has 1 unspecified atom stereocenters. The van der Waals surface area contributed by atoms with Crippen LogP contribution in [0, 0.1) is 5.92 Å². The minimum absolute atomic E-state index is 0.0735. The van der Waals surface area contributed by atoms with Crippen LogP contribution in [0.4, 0.5) is 0 Å². The number of hydrogen-bond donors (Lipinski definition) is 2. The summed E-state index contributed by atoms with van der Waals surface area (Å²) in [5, 5.41) is 9.52. The Labute approximate surface area is 103 Å². The van der Waals surface area contributed by atoms with Crippen molar-refractivity contribution in [2.75, 3.05) is 0 Å². The number of benzene rings is 1. The Balaban J connectivity index is 2.86. The van der Waals surface area contributed by atoms with Crippen molar-refractivity contribution in [2.45, 2.75) is 38.1 Å². The smallest absolute Gasteiger partial charge is 0.244 e. The summed E-state index contributed by atoms with van der Waals surface area (Å²) in [5.41, 5.74) is 0. The predicted octanol–water partition coefficient (Wildman–Crippen LogP) is 2.11. The van der Waals surface area contributed by atoms with Crippen molar-refractivity contribution in [1.82, 2.24) is 4.72 Å². The molecular formula is C12H19NO3S. The van der Waals surface area contributed by atoms with Gasteiger partial charge in [0, 0.05) is 6.04 Å². The molecule has 0 amide bonds. The molecular weight excluding hydrogens is 238 g/mol. The summed E-state index contributed by atoms with van der Waals surface area (Å²) in [5.74, 6) is 0.189. The molecule has 0 saturated carbocycles. The lowest BCUT2D eigenvalue weighted by Crippen LogP contribution is -2.33. The standard InChI is InChI=1S/C12H19NO3S/c1-9(2)8-10(3)13-17(15,16)12-7-5-4-6-11(12)14/h4-7,9-10,13-14H,8H2,1-3H3. The highest BCUT2D eigenvalue weighted by Gasteiger charge is 2.20. The van der Waals surface area contributed by atoms with Crippen LogP contribution < -0.4 is 4.72 Å². The monoisotopic (exact) mass is 257 g/mol. The number of phenolic OH excluding ortho intramolecular Hbond substituents is 1. The van der Waals surface area contributed by atoms with E-state index in [1.165, 1.54) is 12.1 Å². The highest BCUT2D eigenvalue weighted by atomic mass is 32.2. The number of aromatic hydroxyl groups is 1. The van der Waals surface area contributed by atoms with E-state index in [1.807, 2.05) is 20.8 Å². The van der Waals surface area contributed by atoms with E-state index in [4.69, 9.17) is 0 Å². The summed E-state index contributed by atoms with van der Waals surface area (Å²) in [6.45, 7) is 5.88. The molecule has 0 aromatic heterocycles. The predicted molar refractivity (Wildman–Crippen MR) is 67.3 cm³/mol. The van der Waals surface area contributed by atoms with Gasteiger partial charge >= 0.3 is 0 Å².